The highest BCUT2D eigenvalue weighted by molar-refractivity contribution is 4.80. The highest BCUT2D eigenvalue weighted by Crippen LogP contribution is 2.24. The Kier molecular flexibility index (Phi) is 3.78. The first-order valence-electron chi connectivity index (χ1n) is 6.05. The molecule has 0 spiro atoms. The van der Waals surface area contributed by atoms with Gasteiger partial charge in [-0.1, -0.05) is 13.3 Å². The number of hydrogen-bond donors (Lipinski definition) is 1. The van der Waals surface area contributed by atoms with Gasteiger partial charge in [0.05, 0.1) is 6.33 Å². The monoisotopic (exact) mass is 207 g/mol. The summed E-state index contributed by atoms with van der Waals surface area (Å²) in [6.07, 6.45) is 11.1. The Morgan fingerprint density at radius 1 is 1.47 bits per heavy atom. The SMILES string of the molecule is C[C@@H]1CCC[C@@H]1NCCCn1ccnc1. The van der Waals surface area contributed by atoms with E-state index < -0.39 is 0 Å². The van der Waals surface area contributed by atoms with E-state index in [1.54, 1.807) is 0 Å². The van der Waals surface area contributed by atoms with Gasteiger partial charge >= 0.3 is 0 Å². The Labute approximate surface area is 91.9 Å². The molecule has 1 aliphatic carbocycles. The third-order valence-electron chi connectivity index (χ3n) is 3.42. The third-order valence-corrected chi connectivity index (χ3v) is 3.42. The molecule has 0 bridgehead atoms. The number of nitrogens with one attached hydrogen (secondary N) is 1. The van der Waals surface area contributed by atoms with Crippen molar-refractivity contribution >= 4 is 0 Å². The maximum Gasteiger partial charge on any atom is 0.0945 e. The van der Waals surface area contributed by atoms with Gasteiger partial charge in [-0.15, -0.1) is 0 Å². The van der Waals surface area contributed by atoms with E-state index >= 15 is 0 Å². The predicted molar refractivity (Wildman–Crippen MR) is 61.6 cm³/mol. The molecule has 1 saturated carbocycles. The minimum atomic E-state index is 0.771. The fourth-order valence-corrected chi connectivity index (χ4v) is 2.42. The van der Waals surface area contributed by atoms with Crippen molar-refractivity contribution in [3.63, 3.8) is 0 Å². The Bertz CT molecular complexity index is 268. The molecule has 84 valence electrons. The van der Waals surface area contributed by atoms with E-state index in [0.29, 0.717) is 0 Å². The Morgan fingerprint density at radius 2 is 2.40 bits per heavy atom. The fraction of sp³-hybridized carbons (Fsp3) is 0.750. The first kappa shape index (κ1) is 10.7. The van der Waals surface area contributed by atoms with E-state index in [9.17, 15) is 0 Å². The van der Waals surface area contributed by atoms with Crippen molar-refractivity contribution in [2.75, 3.05) is 6.54 Å². The van der Waals surface area contributed by atoms with E-state index in [2.05, 4.69) is 21.8 Å². The van der Waals surface area contributed by atoms with Crippen LogP contribution in [0.5, 0.6) is 0 Å². The number of aromatic nitrogens is 2. The summed E-state index contributed by atoms with van der Waals surface area (Å²) in [5, 5.41) is 3.66. The van der Waals surface area contributed by atoms with Gasteiger partial charge in [-0.3, -0.25) is 0 Å². The molecular weight excluding hydrogens is 186 g/mol. The van der Waals surface area contributed by atoms with Gasteiger partial charge in [0.1, 0.15) is 0 Å². The van der Waals surface area contributed by atoms with E-state index in [4.69, 9.17) is 0 Å². The van der Waals surface area contributed by atoms with Crippen LogP contribution in [0.4, 0.5) is 0 Å². The van der Waals surface area contributed by atoms with Gasteiger partial charge in [-0.25, -0.2) is 4.98 Å². The summed E-state index contributed by atoms with van der Waals surface area (Å²) >= 11 is 0. The standard InChI is InChI=1S/C12H21N3/c1-11-4-2-5-12(11)14-6-3-8-15-9-7-13-10-15/h7,9-12,14H,2-6,8H2,1H3/t11-,12+/m1/s1. The van der Waals surface area contributed by atoms with Crippen molar-refractivity contribution in [2.45, 2.75) is 45.2 Å². The molecular formula is C12H21N3. The van der Waals surface area contributed by atoms with E-state index in [0.717, 1.165) is 25.0 Å². The molecule has 1 aromatic heterocycles. The molecule has 2 atom stereocenters. The summed E-state index contributed by atoms with van der Waals surface area (Å²) in [5.41, 5.74) is 0. The highest BCUT2D eigenvalue weighted by Gasteiger charge is 2.21. The van der Waals surface area contributed by atoms with Crippen molar-refractivity contribution in [3.8, 4) is 0 Å². The number of aryl methyl sites for hydroxylation is 1. The van der Waals surface area contributed by atoms with Crippen LogP contribution in [-0.4, -0.2) is 22.1 Å². The zero-order valence-corrected chi connectivity index (χ0v) is 9.52. The topological polar surface area (TPSA) is 29.9 Å². The molecule has 0 radical (unpaired) electrons. The number of rotatable bonds is 5. The summed E-state index contributed by atoms with van der Waals surface area (Å²) in [5.74, 6) is 0.873. The van der Waals surface area contributed by atoms with Crippen molar-refractivity contribution in [2.24, 2.45) is 5.92 Å². The minimum Gasteiger partial charge on any atom is -0.337 e. The molecule has 0 aromatic carbocycles. The molecule has 15 heavy (non-hydrogen) atoms. The summed E-state index contributed by atoms with van der Waals surface area (Å²) < 4.78 is 2.14. The first-order chi connectivity index (χ1) is 7.36. The molecule has 1 heterocycles. The fourth-order valence-electron chi connectivity index (χ4n) is 2.42. The molecule has 2 rings (SSSR count). The lowest BCUT2D eigenvalue weighted by Crippen LogP contribution is -2.32. The van der Waals surface area contributed by atoms with Crippen LogP contribution in [-0.2, 0) is 6.54 Å². The number of imidazole rings is 1. The van der Waals surface area contributed by atoms with Gasteiger partial charge in [-0.2, -0.15) is 0 Å². The van der Waals surface area contributed by atoms with Crippen molar-refractivity contribution in [1.29, 1.82) is 0 Å². The maximum atomic E-state index is 4.03. The summed E-state index contributed by atoms with van der Waals surface area (Å²) in [4.78, 5) is 4.03. The summed E-state index contributed by atoms with van der Waals surface area (Å²) in [6.45, 7) is 4.57. The van der Waals surface area contributed by atoms with Crippen molar-refractivity contribution in [1.82, 2.24) is 14.9 Å². The van der Waals surface area contributed by atoms with Crippen molar-refractivity contribution < 1.29 is 0 Å². The number of nitrogens with zero attached hydrogens (tertiary/aromatic N) is 2. The van der Waals surface area contributed by atoms with E-state index in [-0.39, 0.29) is 0 Å². The van der Waals surface area contributed by atoms with Gasteiger partial charge in [0.15, 0.2) is 0 Å². The molecule has 1 fully saturated rings. The Balaban J connectivity index is 1.59. The molecule has 1 aromatic rings. The Morgan fingerprint density at radius 3 is 3.07 bits per heavy atom. The van der Waals surface area contributed by atoms with E-state index in [1.807, 2.05) is 18.7 Å². The lowest BCUT2D eigenvalue weighted by atomic mass is 10.1. The summed E-state index contributed by atoms with van der Waals surface area (Å²) in [7, 11) is 0. The lowest BCUT2D eigenvalue weighted by molar-refractivity contribution is 0.417. The van der Waals surface area contributed by atoms with Gasteiger partial charge in [0.2, 0.25) is 0 Å². The second kappa shape index (κ2) is 5.31. The average Bonchev–Trinajstić information content (AvgIpc) is 2.85. The van der Waals surface area contributed by atoms with Gasteiger partial charge < -0.3 is 9.88 Å². The second-order valence-electron chi connectivity index (χ2n) is 4.62. The summed E-state index contributed by atoms with van der Waals surface area (Å²) in [6, 6.07) is 0.771. The zero-order valence-electron chi connectivity index (χ0n) is 9.52. The third kappa shape index (κ3) is 3.06. The average molecular weight is 207 g/mol. The number of hydrogen-bond acceptors (Lipinski definition) is 2. The Hall–Kier alpha value is -0.830. The molecule has 3 heteroatoms. The van der Waals surface area contributed by atoms with Crippen LogP contribution in [0, 0.1) is 5.92 Å². The van der Waals surface area contributed by atoms with Gasteiger partial charge in [-0.05, 0) is 31.7 Å². The lowest BCUT2D eigenvalue weighted by Gasteiger charge is -2.17. The van der Waals surface area contributed by atoms with E-state index in [1.165, 1.54) is 25.7 Å². The molecule has 1 N–H and O–H groups in total. The molecule has 1 aliphatic rings. The molecule has 0 aliphatic heterocycles. The smallest absolute Gasteiger partial charge is 0.0945 e. The van der Waals surface area contributed by atoms with Crippen molar-refractivity contribution in [3.05, 3.63) is 18.7 Å². The molecule has 3 nitrogen and oxygen atoms in total. The van der Waals surface area contributed by atoms with Crippen LogP contribution in [0.15, 0.2) is 18.7 Å². The highest BCUT2D eigenvalue weighted by atomic mass is 15.0. The first-order valence-corrected chi connectivity index (χ1v) is 6.05. The molecule has 0 saturated heterocycles. The van der Waals surface area contributed by atoms with Crippen LogP contribution in [0.1, 0.15) is 32.6 Å². The van der Waals surface area contributed by atoms with Crippen LogP contribution in [0.2, 0.25) is 0 Å². The normalized spacial score (nSPS) is 25.9. The van der Waals surface area contributed by atoms with Crippen LogP contribution < -0.4 is 5.32 Å². The second-order valence-corrected chi connectivity index (χ2v) is 4.62. The zero-order chi connectivity index (χ0) is 10.5. The predicted octanol–water partition coefficient (Wildman–Crippen LogP) is 2.05. The van der Waals surface area contributed by atoms with Crippen LogP contribution >= 0.6 is 0 Å². The van der Waals surface area contributed by atoms with Crippen LogP contribution in [0.3, 0.4) is 0 Å². The largest absolute Gasteiger partial charge is 0.337 e. The molecule has 0 amide bonds. The molecule has 0 unspecified atom stereocenters. The van der Waals surface area contributed by atoms with Crippen LogP contribution in [0.25, 0.3) is 0 Å². The van der Waals surface area contributed by atoms with Gasteiger partial charge in [0, 0.05) is 25.0 Å². The maximum absolute atomic E-state index is 4.03. The minimum absolute atomic E-state index is 0.771. The quantitative estimate of drug-likeness (QED) is 0.749. The van der Waals surface area contributed by atoms with Gasteiger partial charge in [0.25, 0.3) is 0 Å².